The minimum absolute atomic E-state index is 0.104. The maximum Gasteiger partial charge on any atom is 0.123 e. The molecule has 0 bridgehead atoms. The molecular weight excluding hydrogens is 239 g/mol. The van der Waals surface area contributed by atoms with Crippen molar-refractivity contribution in [1.29, 1.82) is 0 Å². The molecule has 3 heteroatoms. The Balaban J connectivity index is 1.55. The molecule has 2 unspecified atom stereocenters. The molecule has 0 saturated carbocycles. The van der Waals surface area contributed by atoms with E-state index in [1.54, 1.807) is 6.07 Å². The lowest BCUT2D eigenvalue weighted by atomic mass is 9.98. The van der Waals surface area contributed by atoms with Gasteiger partial charge < -0.3 is 10.2 Å². The average Bonchev–Trinajstić information content (AvgIpc) is 2.88. The van der Waals surface area contributed by atoms with Gasteiger partial charge in [0.1, 0.15) is 5.82 Å². The molecule has 2 atom stereocenters. The zero-order valence-corrected chi connectivity index (χ0v) is 11.4. The van der Waals surface area contributed by atoms with Crippen molar-refractivity contribution in [3.8, 4) is 0 Å². The van der Waals surface area contributed by atoms with Gasteiger partial charge in [0.15, 0.2) is 0 Å². The highest BCUT2D eigenvalue weighted by Gasteiger charge is 2.26. The Morgan fingerprint density at radius 2 is 2.26 bits per heavy atom. The third kappa shape index (κ3) is 3.34. The van der Waals surface area contributed by atoms with Gasteiger partial charge in [-0.1, -0.05) is 12.1 Å². The van der Waals surface area contributed by atoms with Crippen molar-refractivity contribution in [2.45, 2.75) is 25.2 Å². The molecule has 104 valence electrons. The van der Waals surface area contributed by atoms with Gasteiger partial charge in [0.05, 0.1) is 0 Å². The molecular formula is C16H23FN2. The second kappa shape index (κ2) is 6.02. The molecule has 0 aromatic heterocycles. The van der Waals surface area contributed by atoms with Crippen molar-refractivity contribution in [2.75, 3.05) is 32.7 Å². The standard InChI is InChI=1S/C16H23FN2/c17-16-5-1-4-14(9-16)15-6-8-19(12-15)11-13-3-2-7-18-10-13/h1,4-5,9,13,15,18H,2-3,6-8,10-12H2. The van der Waals surface area contributed by atoms with E-state index in [1.807, 2.05) is 6.07 Å². The lowest BCUT2D eigenvalue weighted by Crippen LogP contribution is -2.37. The smallest absolute Gasteiger partial charge is 0.123 e. The Hall–Kier alpha value is -0.930. The summed E-state index contributed by atoms with van der Waals surface area (Å²) >= 11 is 0. The van der Waals surface area contributed by atoms with Crippen molar-refractivity contribution in [3.63, 3.8) is 0 Å². The highest BCUT2D eigenvalue weighted by atomic mass is 19.1. The molecule has 3 rings (SSSR count). The summed E-state index contributed by atoms with van der Waals surface area (Å²) in [7, 11) is 0. The third-order valence-corrected chi connectivity index (χ3v) is 4.51. The number of halogens is 1. The zero-order chi connectivity index (χ0) is 13.1. The number of nitrogens with one attached hydrogen (secondary N) is 1. The minimum atomic E-state index is -0.104. The molecule has 2 aliphatic rings. The van der Waals surface area contributed by atoms with Gasteiger partial charge >= 0.3 is 0 Å². The maximum absolute atomic E-state index is 13.3. The van der Waals surface area contributed by atoms with Crippen LogP contribution in [0.3, 0.4) is 0 Å². The Morgan fingerprint density at radius 1 is 1.32 bits per heavy atom. The van der Waals surface area contributed by atoms with Crippen LogP contribution in [0.2, 0.25) is 0 Å². The number of nitrogens with zero attached hydrogens (tertiary/aromatic N) is 1. The van der Waals surface area contributed by atoms with Crippen LogP contribution >= 0.6 is 0 Å². The highest BCUT2D eigenvalue weighted by molar-refractivity contribution is 5.22. The van der Waals surface area contributed by atoms with Crippen LogP contribution in [0.4, 0.5) is 4.39 Å². The van der Waals surface area contributed by atoms with E-state index in [-0.39, 0.29) is 5.82 Å². The van der Waals surface area contributed by atoms with Crippen molar-refractivity contribution in [1.82, 2.24) is 10.2 Å². The number of hydrogen-bond donors (Lipinski definition) is 1. The molecule has 1 N–H and O–H groups in total. The Bertz CT molecular complexity index is 415. The maximum atomic E-state index is 13.3. The van der Waals surface area contributed by atoms with Crippen LogP contribution in [-0.2, 0) is 0 Å². The average molecular weight is 262 g/mol. The summed E-state index contributed by atoms with van der Waals surface area (Å²) < 4.78 is 13.3. The molecule has 2 aliphatic heterocycles. The van der Waals surface area contributed by atoms with E-state index in [9.17, 15) is 4.39 Å². The van der Waals surface area contributed by atoms with Crippen molar-refractivity contribution in [3.05, 3.63) is 35.6 Å². The predicted octanol–water partition coefficient (Wildman–Crippen LogP) is 2.61. The van der Waals surface area contributed by atoms with Crippen LogP contribution in [-0.4, -0.2) is 37.6 Å². The monoisotopic (exact) mass is 262 g/mol. The van der Waals surface area contributed by atoms with E-state index in [4.69, 9.17) is 0 Å². The van der Waals surface area contributed by atoms with Crippen molar-refractivity contribution in [2.24, 2.45) is 5.92 Å². The van der Waals surface area contributed by atoms with Crippen molar-refractivity contribution >= 4 is 0 Å². The molecule has 19 heavy (non-hydrogen) atoms. The number of benzene rings is 1. The molecule has 2 nitrogen and oxygen atoms in total. The van der Waals surface area contributed by atoms with E-state index in [2.05, 4.69) is 16.3 Å². The number of rotatable bonds is 3. The summed E-state index contributed by atoms with van der Waals surface area (Å²) in [4.78, 5) is 2.56. The summed E-state index contributed by atoms with van der Waals surface area (Å²) in [6.45, 7) is 5.82. The van der Waals surface area contributed by atoms with Gasteiger partial charge in [-0.25, -0.2) is 4.39 Å². The van der Waals surface area contributed by atoms with E-state index in [0.717, 1.165) is 19.0 Å². The number of likely N-dealkylation sites (tertiary alicyclic amines) is 1. The second-order valence-corrected chi connectivity index (χ2v) is 6.01. The van der Waals surface area contributed by atoms with Gasteiger partial charge in [0, 0.05) is 13.1 Å². The topological polar surface area (TPSA) is 15.3 Å². The summed E-state index contributed by atoms with van der Waals surface area (Å²) in [5, 5.41) is 3.48. The Labute approximate surface area is 115 Å². The Kier molecular flexibility index (Phi) is 4.14. The van der Waals surface area contributed by atoms with E-state index >= 15 is 0 Å². The molecule has 0 amide bonds. The fourth-order valence-electron chi connectivity index (χ4n) is 3.48. The van der Waals surface area contributed by atoms with E-state index in [1.165, 1.54) is 50.5 Å². The molecule has 0 radical (unpaired) electrons. The van der Waals surface area contributed by atoms with Gasteiger partial charge in [-0.3, -0.25) is 0 Å². The molecule has 0 aliphatic carbocycles. The third-order valence-electron chi connectivity index (χ3n) is 4.51. The molecule has 1 aromatic carbocycles. The van der Waals surface area contributed by atoms with Gasteiger partial charge in [-0.15, -0.1) is 0 Å². The zero-order valence-electron chi connectivity index (χ0n) is 11.4. The molecule has 1 aromatic rings. The molecule has 2 fully saturated rings. The summed E-state index contributed by atoms with van der Waals surface area (Å²) in [5.41, 5.74) is 1.17. The molecule has 2 saturated heterocycles. The van der Waals surface area contributed by atoms with Crippen LogP contribution in [0, 0.1) is 11.7 Å². The first-order valence-corrected chi connectivity index (χ1v) is 7.50. The van der Waals surface area contributed by atoms with Gasteiger partial charge in [-0.2, -0.15) is 0 Å². The lowest BCUT2D eigenvalue weighted by molar-refractivity contribution is 0.242. The van der Waals surface area contributed by atoms with E-state index < -0.39 is 0 Å². The first-order valence-electron chi connectivity index (χ1n) is 7.50. The molecule has 2 heterocycles. The quantitative estimate of drug-likeness (QED) is 0.901. The van der Waals surface area contributed by atoms with Gasteiger partial charge in [0.2, 0.25) is 0 Å². The summed E-state index contributed by atoms with van der Waals surface area (Å²) in [6, 6.07) is 7.14. The van der Waals surface area contributed by atoms with Crippen LogP contribution in [0.25, 0.3) is 0 Å². The number of piperidine rings is 1. The first kappa shape index (κ1) is 13.1. The highest BCUT2D eigenvalue weighted by Crippen LogP contribution is 2.28. The largest absolute Gasteiger partial charge is 0.316 e. The Morgan fingerprint density at radius 3 is 3.05 bits per heavy atom. The first-order chi connectivity index (χ1) is 9.31. The normalized spacial score (nSPS) is 28.7. The van der Waals surface area contributed by atoms with Crippen LogP contribution in [0.5, 0.6) is 0 Å². The van der Waals surface area contributed by atoms with Gasteiger partial charge in [-0.05, 0) is 68.4 Å². The lowest BCUT2D eigenvalue weighted by Gasteiger charge is -2.27. The van der Waals surface area contributed by atoms with Crippen LogP contribution in [0.15, 0.2) is 24.3 Å². The summed E-state index contributed by atoms with van der Waals surface area (Å²) in [5.74, 6) is 1.22. The summed E-state index contributed by atoms with van der Waals surface area (Å²) in [6.07, 6.45) is 3.84. The van der Waals surface area contributed by atoms with Crippen molar-refractivity contribution < 1.29 is 4.39 Å². The predicted molar refractivity (Wildman–Crippen MR) is 75.8 cm³/mol. The van der Waals surface area contributed by atoms with E-state index in [0.29, 0.717) is 5.92 Å². The molecule has 0 spiro atoms. The SMILES string of the molecule is Fc1cccc(C2CCN(CC3CCCNC3)C2)c1. The minimum Gasteiger partial charge on any atom is -0.316 e. The fourth-order valence-corrected chi connectivity index (χ4v) is 3.48. The fraction of sp³-hybridized carbons (Fsp3) is 0.625. The second-order valence-electron chi connectivity index (χ2n) is 6.01. The van der Waals surface area contributed by atoms with Crippen LogP contribution in [0.1, 0.15) is 30.7 Å². The number of hydrogen-bond acceptors (Lipinski definition) is 2. The van der Waals surface area contributed by atoms with Crippen LogP contribution < -0.4 is 5.32 Å². The van der Waals surface area contributed by atoms with Gasteiger partial charge in [0.25, 0.3) is 0 Å².